The van der Waals surface area contributed by atoms with Gasteiger partial charge in [-0.25, -0.2) is 0 Å². The van der Waals surface area contributed by atoms with Gasteiger partial charge in [-0.1, -0.05) is 0 Å². The van der Waals surface area contributed by atoms with E-state index < -0.39 is 0 Å². The van der Waals surface area contributed by atoms with Crippen molar-refractivity contribution in [3.63, 3.8) is 0 Å². The van der Waals surface area contributed by atoms with E-state index in [0.29, 0.717) is 24.8 Å². The zero-order valence-electron chi connectivity index (χ0n) is 14.5. The quantitative estimate of drug-likeness (QED) is 0.707. The molecule has 0 saturated heterocycles. The summed E-state index contributed by atoms with van der Waals surface area (Å²) in [4.78, 5) is 12.2. The third kappa shape index (κ3) is 5.79. The molecule has 0 radical (unpaired) electrons. The first-order chi connectivity index (χ1) is 10.4. The van der Waals surface area contributed by atoms with Gasteiger partial charge in [0.2, 0.25) is 0 Å². The van der Waals surface area contributed by atoms with Crippen LogP contribution in [0.15, 0.2) is 6.07 Å². The van der Waals surface area contributed by atoms with Crippen LogP contribution < -0.4 is 10.6 Å². The fourth-order valence-corrected chi connectivity index (χ4v) is 2.37. The predicted molar refractivity (Wildman–Crippen MR) is 93.5 cm³/mol. The molecule has 2 rings (SSSR count). The number of ether oxygens (including phenoxy) is 1. The van der Waals surface area contributed by atoms with Crippen LogP contribution in [0.1, 0.15) is 55.7 Å². The lowest BCUT2D eigenvalue weighted by Crippen LogP contribution is -2.33. The molecule has 6 nitrogen and oxygen atoms in total. The van der Waals surface area contributed by atoms with Crippen LogP contribution in [0.5, 0.6) is 0 Å². The summed E-state index contributed by atoms with van der Waals surface area (Å²) in [5.74, 6) is 0.474. The lowest BCUT2D eigenvalue weighted by Gasteiger charge is -2.22. The van der Waals surface area contributed by atoms with Crippen LogP contribution in [0.4, 0.5) is 0 Å². The average Bonchev–Trinajstić information content (AvgIpc) is 3.19. The molecule has 1 aromatic heterocycles. The smallest absolute Gasteiger partial charge is 0.271 e. The number of hydrogen-bond acceptors (Lipinski definition) is 4. The molecule has 1 aromatic rings. The van der Waals surface area contributed by atoms with Crippen LogP contribution >= 0.6 is 12.4 Å². The summed E-state index contributed by atoms with van der Waals surface area (Å²) in [6.07, 6.45) is 2.40. The van der Waals surface area contributed by atoms with Crippen LogP contribution in [-0.2, 0) is 10.3 Å². The lowest BCUT2D eigenvalue weighted by molar-refractivity contribution is 0.0947. The zero-order chi connectivity index (χ0) is 16.2. The normalized spacial score (nSPS) is 14.4. The molecule has 1 fully saturated rings. The van der Waals surface area contributed by atoms with Crippen molar-refractivity contribution >= 4 is 18.3 Å². The Morgan fingerprint density at radius 2 is 2.04 bits per heavy atom. The molecule has 1 aliphatic carbocycles. The Morgan fingerprint density at radius 3 is 2.61 bits per heavy atom. The standard InChI is InChI=1S/C16H28N4O2.ClH/c1-16(2,3)20-14(12-5-6-12)11-13(19-20)15(21)18-8-7-17-9-10-22-4;/h11-12,17H,5-10H2,1-4H3,(H,18,21);1H. The molecule has 0 aromatic carbocycles. The van der Waals surface area contributed by atoms with Crippen molar-refractivity contribution in [2.24, 2.45) is 0 Å². The Labute approximate surface area is 144 Å². The topological polar surface area (TPSA) is 68.2 Å². The largest absolute Gasteiger partial charge is 0.383 e. The van der Waals surface area contributed by atoms with E-state index in [4.69, 9.17) is 4.74 Å². The van der Waals surface area contributed by atoms with Crippen LogP contribution in [-0.4, -0.2) is 49.0 Å². The van der Waals surface area contributed by atoms with Crippen molar-refractivity contribution < 1.29 is 9.53 Å². The zero-order valence-corrected chi connectivity index (χ0v) is 15.3. The second kappa shape index (κ2) is 8.66. The highest BCUT2D eigenvalue weighted by atomic mass is 35.5. The van der Waals surface area contributed by atoms with Gasteiger partial charge < -0.3 is 15.4 Å². The van der Waals surface area contributed by atoms with Gasteiger partial charge in [0.1, 0.15) is 5.69 Å². The van der Waals surface area contributed by atoms with Crippen LogP contribution in [0.2, 0.25) is 0 Å². The van der Waals surface area contributed by atoms with Crippen LogP contribution in [0.3, 0.4) is 0 Å². The van der Waals surface area contributed by atoms with Crippen LogP contribution in [0, 0.1) is 0 Å². The lowest BCUT2D eigenvalue weighted by atomic mass is 10.1. The fraction of sp³-hybridized carbons (Fsp3) is 0.750. The number of hydrogen-bond donors (Lipinski definition) is 2. The van der Waals surface area contributed by atoms with Gasteiger partial charge in [0.25, 0.3) is 5.91 Å². The van der Waals surface area contributed by atoms with E-state index in [1.807, 2.05) is 10.7 Å². The van der Waals surface area contributed by atoms with Gasteiger partial charge in [0.05, 0.1) is 12.1 Å². The number of amides is 1. The highest BCUT2D eigenvalue weighted by molar-refractivity contribution is 5.92. The van der Waals surface area contributed by atoms with Gasteiger partial charge in [-0.2, -0.15) is 5.10 Å². The summed E-state index contributed by atoms with van der Waals surface area (Å²) < 4.78 is 6.96. The summed E-state index contributed by atoms with van der Waals surface area (Å²) in [5, 5.41) is 10.6. The van der Waals surface area contributed by atoms with E-state index >= 15 is 0 Å². The maximum atomic E-state index is 12.2. The molecule has 132 valence electrons. The summed E-state index contributed by atoms with van der Waals surface area (Å²) in [5.41, 5.74) is 1.61. The fourth-order valence-electron chi connectivity index (χ4n) is 2.37. The molecule has 0 spiro atoms. The van der Waals surface area contributed by atoms with Gasteiger partial charge in [0.15, 0.2) is 0 Å². The molecule has 1 heterocycles. The minimum Gasteiger partial charge on any atom is -0.383 e. The number of nitrogens with one attached hydrogen (secondary N) is 2. The third-order valence-electron chi connectivity index (χ3n) is 3.67. The molecule has 7 heteroatoms. The number of nitrogens with zero attached hydrogens (tertiary/aromatic N) is 2. The first-order valence-corrected chi connectivity index (χ1v) is 8.02. The average molecular weight is 345 g/mol. The number of halogens is 1. The first-order valence-electron chi connectivity index (χ1n) is 8.02. The van der Waals surface area contributed by atoms with Gasteiger partial charge in [-0.15, -0.1) is 12.4 Å². The molecule has 0 unspecified atom stereocenters. The van der Waals surface area contributed by atoms with Crippen molar-refractivity contribution in [2.45, 2.75) is 45.1 Å². The second-order valence-corrected chi connectivity index (χ2v) is 6.81. The van der Waals surface area contributed by atoms with Crippen molar-refractivity contribution in [3.05, 3.63) is 17.5 Å². The molecular formula is C16H29ClN4O2. The highest BCUT2D eigenvalue weighted by Gasteiger charge is 2.32. The van der Waals surface area contributed by atoms with E-state index in [-0.39, 0.29) is 23.9 Å². The van der Waals surface area contributed by atoms with Gasteiger partial charge >= 0.3 is 0 Å². The van der Waals surface area contributed by atoms with Gasteiger partial charge in [-0.05, 0) is 39.7 Å². The van der Waals surface area contributed by atoms with Crippen molar-refractivity contribution in [3.8, 4) is 0 Å². The molecular weight excluding hydrogens is 316 g/mol. The predicted octanol–water partition coefficient (Wildman–Crippen LogP) is 1.90. The highest BCUT2D eigenvalue weighted by Crippen LogP contribution is 2.41. The molecule has 1 amide bonds. The Hall–Kier alpha value is -1.11. The molecule has 0 bridgehead atoms. The van der Waals surface area contributed by atoms with E-state index in [1.165, 1.54) is 18.5 Å². The Balaban J connectivity index is 0.00000264. The van der Waals surface area contributed by atoms with Crippen molar-refractivity contribution in [2.75, 3.05) is 33.4 Å². The maximum absolute atomic E-state index is 12.2. The van der Waals surface area contributed by atoms with Crippen molar-refractivity contribution in [1.82, 2.24) is 20.4 Å². The number of rotatable bonds is 8. The summed E-state index contributed by atoms with van der Waals surface area (Å²) in [7, 11) is 1.67. The molecule has 2 N–H and O–H groups in total. The minimum absolute atomic E-state index is 0. The molecule has 1 aliphatic rings. The maximum Gasteiger partial charge on any atom is 0.271 e. The Kier molecular flexibility index (Phi) is 7.51. The van der Waals surface area contributed by atoms with Gasteiger partial charge in [-0.3, -0.25) is 9.48 Å². The molecule has 1 saturated carbocycles. The Morgan fingerprint density at radius 1 is 1.35 bits per heavy atom. The number of carbonyl (C=O) groups excluding carboxylic acids is 1. The van der Waals surface area contributed by atoms with E-state index in [0.717, 1.165) is 13.1 Å². The molecule has 23 heavy (non-hydrogen) atoms. The third-order valence-corrected chi connectivity index (χ3v) is 3.67. The van der Waals surface area contributed by atoms with E-state index in [1.54, 1.807) is 7.11 Å². The molecule has 0 aliphatic heterocycles. The number of carbonyl (C=O) groups is 1. The summed E-state index contributed by atoms with van der Waals surface area (Å²) >= 11 is 0. The van der Waals surface area contributed by atoms with Gasteiger partial charge in [0, 0.05) is 38.4 Å². The second-order valence-electron chi connectivity index (χ2n) is 6.81. The van der Waals surface area contributed by atoms with E-state index in [2.05, 4.69) is 36.5 Å². The molecule has 0 atom stereocenters. The van der Waals surface area contributed by atoms with E-state index in [9.17, 15) is 4.79 Å². The SMILES string of the molecule is COCCNCCNC(=O)c1cc(C2CC2)n(C(C)(C)C)n1.Cl. The Bertz CT molecular complexity index is 507. The number of methoxy groups -OCH3 is 1. The summed E-state index contributed by atoms with van der Waals surface area (Å²) in [6.45, 7) is 9.13. The first kappa shape index (κ1) is 19.9. The summed E-state index contributed by atoms with van der Waals surface area (Å²) in [6, 6.07) is 1.95. The minimum atomic E-state index is -0.0990. The number of aromatic nitrogens is 2. The monoisotopic (exact) mass is 344 g/mol. The van der Waals surface area contributed by atoms with Crippen LogP contribution in [0.25, 0.3) is 0 Å². The van der Waals surface area contributed by atoms with Crippen molar-refractivity contribution in [1.29, 1.82) is 0 Å².